The molecule has 1 aliphatic heterocycles. The van der Waals surface area contributed by atoms with E-state index in [0.717, 1.165) is 36.8 Å². The summed E-state index contributed by atoms with van der Waals surface area (Å²) in [5.74, 6) is -0.171. The molecule has 1 heterocycles. The average Bonchev–Trinajstić information content (AvgIpc) is 3.48. The molecular formula is C28H34FN7O3. The number of carbonyl (C=O) groups is 2. The Hall–Kier alpha value is -4.15. The minimum absolute atomic E-state index is 0.0936. The lowest BCUT2D eigenvalue weighted by molar-refractivity contribution is -0.123. The van der Waals surface area contributed by atoms with E-state index in [9.17, 15) is 14.0 Å². The van der Waals surface area contributed by atoms with Gasteiger partial charge in [-0.2, -0.15) is 5.11 Å². The van der Waals surface area contributed by atoms with Crippen LogP contribution in [0.1, 0.15) is 55.2 Å². The maximum absolute atomic E-state index is 13.7. The smallest absolute Gasteiger partial charge is 0.245 e. The van der Waals surface area contributed by atoms with E-state index in [2.05, 4.69) is 30.8 Å². The molecule has 39 heavy (non-hydrogen) atoms. The molecule has 0 unspecified atom stereocenters. The molecule has 0 saturated heterocycles. The van der Waals surface area contributed by atoms with Crippen LogP contribution in [0.2, 0.25) is 0 Å². The summed E-state index contributed by atoms with van der Waals surface area (Å²) in [6.07, 6.45) is 6.14. The number of nitrogens with two attached hydrogens (primary N) is 1. The third-order valence-electron chi connectivity index (χ3n) is 6.85. The van der Waals surface area contributed by atoms with Crippen LogP contribution in [0.15, 0.2) is 62.7 Å². The molecule has 2 amide bonds. The highest BCUT2D eigenvalue weighted by atomic mass is 19.1. The molecule has 2 aliphatic rings. The Balaban J connectivity index is 1.37. The second-order valence-corrected chi connectivity index (χ2v) is 9.74. The van der Waals surface area contributed by atoms with Gasteiger partial charge in [0, 0.05) is 12.1 Å². The fourth-order valence-electron chi connectivity index (χ4n) is 4.80. The van der Waals surface area contributed by atoms with Crippen LogP contribution in [0, 0.1) is 11.7 Å². The normalized spacial score (nSPS) is 16.5. The lowest BCUT2D eigenvalue weighted by Gasteiger charge is -2.24. The SMILES string of the molecule is COc1cc(CNC(=O)[C@@H](CC2CCCCC2)N=C(N)NC(=O)Cc2ccc(C3=NCN=N3)cc2)ccc1F. The number of ether oxygens (including phenoxy) is 1. The summed E-state index contributed by atoms with van der Waals surface area (Å²) in [4.78, 5) is 34.4. The summed E-state index contributed by atoms with van der Waals surface area (Å²) in [6, 6.07) is 11.0. The Bertz CT molecular complexity index is 1250. The van der Waals surface area contributed by atoms with Gasteiger partial charge in [0.25, 0.3) is 0 Å². The third kappa shape index (κ3) is 8.17. The average molecular weight is 536 g/mol. The maximum Gasteiger partial charge on any atom is 0.245 e. The first-order valence-corrected chi connectivity index (χ1v) is 13.2. The van der Waals surface area contributed by atoms with Gasteiger partial charge in [-0.1, -0.05) is 62.4 Å². The molecule has 0 bridgehead atoms. The number of guanidine groups is 1. The number of nitrogens with one attached hydrogen (secondary N) is 2. The van der Waals surface area contributed by atoms with Crippen molar-refractivity contribution in [3.63, 3.8) is 0 Å². The third-order valence-corrected chi connectivity index (χ3v) is 6.85. The number of amidine groups is 1. The van der Waals surface area contributed by atoms with Crippen LogP contribution in [0.4, 0.5) is 4.39 Å². The molecule has 0 spiro atoms. The lowest BCUT2D eigenvalue weighted by Crippen LogP contribution is -2.42. The summed E-state index contributed by atoms with van der Waals surface area (Å²) in [5.41, 5.74) is 8.39. The molecule has 2 aromatic rings. The number of aliphatic imine (C=N–C) groups is 2. The lowest BCUT2D eigenvalue weighted by atomic mass is 9.84. The number of methoxy groups -OCH3 is 1. The predicted molar refractivity (Wildman–Crippen MR) is 146 cm³/mol. The predicted octanol–water partition coefficient (Wildman–Crippen LogP) is 3.63. The van der Waals surface area contributed by atoms with Crippen LogP contribution in [0.5, 0.6) is 5.75 Å². The van der Waals surface area contributed by atoms with E-state index in [0.29, 0.717) is 30.4 Å². The molecular weight excluding hydrogens is 501 g/mol. The van der Waals surface area contributed by atoms with Crippen molar-refractivity contribution >= 4 is 23.6 Å². The zero-order valence-electron chi connectivity index (χ0n) is 22.0. The maximum atomic E-state index is 13.7. The number of nitrogens with zero attached hydrogens (tertiary/aromatic N) is 4. The van der Waals surface area contributed by atoms with Crippen molar-refractivity contribution in [2.45, 2.75) is 57.5 Å². The molecule has 0 radical (unpaired) electrons. The van der Waals surface area contributed by atoms with E-state index in [4.69, 9.17) is 10.5 Å². The van der Waals surface area contributed by atoms with Gasteiger partial charge < -0.3 is 15.8 Å². The van der Waals surface area contributed by atoms with E-state index < -0.39 is 11.9 Å². The molecule has 10 nitrogen and oxygen atoms in total. The van der Waals surface area contributed by atoms with Gasteiger partial charge in [-0.15, -0.1) is 5.11 Å². The van der Waals surface area contributed by atoms with Gasteiger partial charge in [0.15, 0.2) is 30.0 Å². The Kier molecular flexibility index (Phi) is 9.71. The summed E-state index contributed by atoms with van der Waals surface area (Å²) in [7, 11) is 1.39. The van der Waals surface area contributed by atoms with Crippen LogP contribution in [-0.2, 0) is 22.6 Å². The van der Waals surface area contributed by atoms with E-state index in [-0.39, 0.29) is 36.5 Å². The topological polar surface area (TPSA) is 143 Å². The first-order valence-electron chi connectivity index (χ1n) is 13.2. The highest BCUT2D eigenvalue weighted by molar-refractivity contribution is 6.00. The Morgan fingerprint density at radius 1 is 1.13 bits per heavy atom. The number of hydrogen-bond acceptors (Lipinski definition) is 7. The highest BCUT2D eigenvalue weighted by Crippen LogP contribution is 2.28. The minimum Gasteiger partial charge on any atom is -0.494 e. The molecule has 2 aromatic carbocycles. The molecule has 206 valence electrons. The number of amides is 2. The molecule has 1 aliphatic carbocycles. The first-order chi connectivity index (χ1) is 18.9. The van der Waals surface area contributed by atoms with Gasteiger partial charge in [-0.25, -0.2) is 14.4 Å². The van der Waals surface area contributed by atoms with E-state index >= 15 is 0 Å². The van der Waals surface area contributed by atoms with Gasteiger partial charge >= 0.3 is 0 Å². The number of azo groups is 1. The second-order valence-electron chi connectivity index (χ2n) is 9.74. The van der Waals surface area contributed by atoms with Crippen molar-refractivity contribution in [1.82, 2.24) is 10.6 Å². The number of halogens is 1. The van der Waals surface area contributed by atoms with Crippen LogP contribution < -0.4 is 21.1 Å². The number of rotatable bonds is 10. The number of benzene rings is 2. The van der Waals surface area contributed by atoms with E-state index in [1.165, 1.54) is 19.6 Å². The number of carbonyl (C=O) groups excluding carboxylic acids is 2. The second kappa shape index (κ2) is 13.6. The van der Waals surface area contributed by atoms with Crippen molar-refractivity contribution in [2.24, 2.45) is 31.9 Å². The monoisotopic (exact) mass is 535 g/mol. The Labute approximate surface area is 227 Å². The van der Waals surface area contributed by atoms with Crippen molar-refractivity contribution < 1.29 is 18.7 Å². The molecule has 11 heteroatoms. The Morgan fingerprint density at radius 3 is 2.56 bits per heavy atom. The van der Waals surface area contributed by atoms with E-state index in [1.54, 1.807) is 12.1 Å². The van der Waals surface area contributed by atoms with Crippen LogP contribution in [0.25, 0.3) is 0 Å². The van der Waals surface area contributed by atoms with Crippen LogP contribution in [0.3, 0.4) is 0 Å². The van der Waals surface area contributed by atoms with Gasteiger partial charge in [-0.05, 0) is 35.6 Å². The zero-order chi connectivity index (χ0) is 27.6. The summed E-state index contributed by atoms with van der Waals surface area (Å²) in [6.45, 7) is 0.515. The minimum atomic E-state index is -0.753. The molecule has 4 N–H and O–H groups in total. The van der Waals surface area contributed by atoms with E-state index in [1.807, 2.05) is 24.3 Å². The molecule has 1 fully saturated rings. The van der Waals surface area contributed by atoms with Gasteiger partial charge in [0.1, 0.15) is 6.04 Å². The fourth-order valence-corrected chi connectivity index (χ4v) is 4.80. The fraction of sp³-hybridized carbons (Fsp3) is 0.429. The van der Waals surface area contributed by atoms with Crippen molar-refractivity contribution in [1.29, 1.82) is 0 Å². The molecule has 1 saturated carbocycles. The summed E-state index contributed by atoms with van der Waals surface area (Å²) < 4.78 is 18.8. The van der Waals surface area contributed by atoms with Gasteiger partial charge in [-0.3, -0.25) is 14.9 Å². The highest BCUT2D eigenvalue weighted by Gasteiger charge is 2.25. The van der Waals surface area contributed by atoms with Crippen molar-refractivity contribution in [3.05, 3.63) is 65.0 Å². The zero-order valence-corrected chi connectivity index (χ0v) is 22.0. The van der Waals surface area contributed by atoms with Gasteiger partial charge in [0.05, 0.1) is 13.5 Å². The molecule has 0 aromatic heterocycles. The molecule has 1 atom stereocenters. The van der Waals surface area contributed by atoms with Crippen molar-refractivity contribution in [3.8, 4) is 5.75 Å². The standard InChI is InChI=1S/C28H34FN7O3/c1-39-24-14-20(9-12-22(24)29)16-31-27(38)23(13-18-5-3-2-4-6-18)34-28(30)35-25(37)15-19-7-10-21(11-8-19)26-32-17-33-36-26/h7-12,14,18,23H,2-6,13,15-17H2,1H3,(H,31,38)(H3,30,34,35,37)/t23-/m1/s1. The van der Waals surface area contributed by atoms with Gasteiger partial charge in [0.2, 0.25) is 11.8 Å². The molecule has 4 rings (SSSR count). The quantitative estimate of drug-likeness (QED) is 0.315. The van der Waals surface area contributed by atoms with Crippen LogP contribution >= 0.6 is 0 Å². The first kappa shape index (κ1) is 27.9. The number of hydrogen-bond donors (Lipinski definition) is 3. The van der Waals surface area contributed by atoms with Crippen molar-refractivity contribution in [2.75, 3.05) is 13.8 Å². The summed E-state index contributed by atoms with van der Waals surface area (Å²) in [5, 5.41) is 13.3. The van der Waals surface area contributed by atoms with Crippen LogP contribution in [-0.4, -0.2) is 43.4 Å². The Morgan fingerprint density at radius 2 is 1.87 bits per heavy atom. The summed E-state index contributed by atoms with van der Waals surface area (Å²) >= 11 is 0. The largest absolute Gasteiger partial charge is 0.494 e.